The van der Waals surface area contributed by atoms with Gasteiger partial charge < -0.3 is 10.2 Å². The molecule has 1 atom stereocenters. The van der Waals surface area contributed by atoms with E-state index in [9.17, 15) is 4.79 Å². The van der Waals surface area contributed by atoms with E-state index in [0.717, 1.165) is 17.3 Å². The van der Waals surface area contributed by atoms with Gasteiger partial charge in [0, 0.05) is 23.3 Å². The fourth-order valence-corrected chi connectivity index (χ4v) is 3.00. The van der Waals surface area contributed by atoms with Crippen LogP contribution in [0.25, 0.3) is 0 Å². The van der Waals surface area contributed by atoms with Crippen LogP contribution in [-0.2, 0) is 0 Å². The summed E-state index contributed by atoms with van der Waals surface area (Å²) >= 11 is 9.29. The zero-order valence-electron chi connectivity index (χ0n) is 13.0. The standard InChI is InChI=1S/C15H23BrClN3O/c1-5-10(6-2)13(20(3)4)9-19-15(21)12-7-11(16)8-18-14(12)17/h7-8,10,13H,5-6,9H2,1-4H3,(H,19,21). The minimum Gasteiger partial charge on any atom is -0.350 e. The highest BCUT2D eigenvalue weighted by molar-refractivity contribution is 9.10. The average Bonchev–Trinajstić information content (AvgIpc) is 2.45. The van der Waals surface area contributed by atoms with Crippen LogP contribution in [0.4, 0.5) is 0 Å². The summed E-state index contributed by atoms with van der Waals surface area (Å²) in [4.78, 5) is 18.4. The molecule has 1 heterocycles. The quantitative estimate of drug-likeness (QED) is 0.740. The molecule has 118 valence electrons. The third-order valence-electron chi connectivity index (χ3n) is 3.78. The van der Waals surface area contributed by atoms with Crippen LogP contribution in [0.5, 0.6) is 0 Å². The lowest BCUT2D eigenvalue weighted by Gasteiger charge is -2.31. The Kier molecular flexibility index (Phi) is 7.63. The number of likely N-dealkylation sites (N-methyl/N-ethyl adjacent to an activating group) is 1. The molecule has 0 saturated heterocycles. The van der Waals surface area contributed by atoms with Gasteiger partial charge in [-0.3, -0.25) is 4.79 Å². The van der Waals surface area contributed by atoms with Gasteiger partial charge in [0.1, 0.15) is 5.15 Å². The first kappa shape index (κ1) is 18.4. The normalized spacial score (nSPS) is 12.8. The zero-order chi connectivity index (χ0) is 16.0. The Hall–Kier alpha value is -0.650. The highest BCUT2D eigenvalue weighted by Crippen LogP contribution is 2.19. The summed E-state index contributed by atoms with van der Waals surface area (Å²) < 4.78 is 0.737. The maximum atomic E-state index is 12.3. The molecule has 0 aromatic carbocycles. The minimum absolute atomic E-state index is 0.188. The van der Waals surface area contributed by atoms with Crippen LogP contribution in [0.1, 0.15) is 37.0 Å². The molecule has 0 aliphatic carbocycles. The van der Waals surface area contributed by atoms with Crippen LogP contribution in [0, 0.1) is 5.92 Å². The van der Waals surface area contributed by atoms with E-state index in [4.69, 9.17) is 11.6 Å². The van der Waals surface area contributed by atoms with Gasteiger partial charge in [0.25, 0.3) is 5.91 Å². The summed E-state index contributed by atoms with van der Waals surface area (Å²) in [5.74, 6) is 0.364. The Balaban J connectivity index is 2.75. The summed E-state index contributed by atoms with van der Waals surface area (Å²) in [5, 5.41) is 3.19. The number of hydrogen-bond acceptors (Lipinski definition) is 3. The first-order chi connectivity index (χ1) is 9.90. The SMILES string of the molecule is CCC(CC)C(CNC(=O)c1cc(Br)cnc1Cl)N(C)C. The molecule has 0 radical (unpaired) electrons. The van der Waals surface area contributed by atoms with Crippen molar-refractivity contribution < 1.29 is 4.79 Å². The molecule has 0 spiro atoms. The van der Waals surface area contributed by atoms with Crippen LogP contribution in [0.15, 0.2) is 16.7 Å². The Labute approximate surface area is 140 Å². The third-order valence-corrected chi connectivity index (χ3v) is 4.51. The van der Waals surface area contributed by atoms with Crippen molar-refractivity contribution in [1.29, 1.82) is 0 Å². The number of rotatable bonds is 7. The van der Waals surface area contributed by atoms with Gasteiger partial charge in [-0.15, -0.1) is 0 Å². The highest BCUT2D eigenvalue weighted by atomic mass is 79.9. The van der Waals surface area contributed by atoms with Gasteiger partial charge in [0.2, 0.25) is 0 Å². The molecule has 1 amide bonds. The first-order valence-electron chi connectivity index (χ1n) is 7.16. The Bertz CT molecular complexity index is 478. The van der Waals surface area contributed by atoms with E-state index in [1.165, 1.54) is 0 Å². The molecule has 1 aromatic heterocycles. The summed E-state index contributed by atoms with van der Waals surface area (Å²) in [7, 11) is 4.09. The smallest absolute Gasteiger partial charge is 0.254 e. The summed E-state index contributed by atoms with van der Waals surface area (Å²) in [6, 6.07) is 2.00. The van der Waals surface area contributed by atoms with E-state index < -0.39 is 0 Å². The van der Waals surface area contributed by atoms with Gasteiger partial charge in [-0.1, -0.05) is 38.3 Å². The molecule has 0 saturated carbocycles. The summed E-state index contributed by atoms with van der Waals surface area (Å²) in [5.41, 5.74) is 0.396. The van der Waals surface area contributed by atoms with Crippen molar-refractivity contribution in [2.45, 2.75) is 32.7 Å². The van der Waals surface area contributed by atoms with E-state index in [2.05, 4.69) is 45.0 Å². The fraction of sp³-hybridized carbons (Fsp3) is 0.600. The van der Waals surface area contributed by atoms with Crippen molar-refractivity contribution in [3.8, 4) is 0 Å². The fourth-order valence-electron chi connectivity index (χ4n) is 2.48. The Morgan fingerprint density at radius 2 is 2.05 bits per heavy atom. The maximum Gasteiger partial charge on any atom is 0.254 e. The largest absolute Gasteiger partial charge is 0.350 e. The molecule has 0 fully saturated rings. The van der Waals surface area contributed by atoms with Crippen molar-refractivity contribution in [2.24, 2.45) is 5.92 Å². The second-order valence-corrected chi connectivity index (χ2v) is 6.58. The molecule has 1 rings (SSSR count). The summed E-state index contributed by atoms with van der Waals surface area (Å²) in [6.07, 6.45) is 3.76. The van der Waals surface area contributed by atoms with Gasteiger partial charge in [0.15, 0.2) is 0 Å². The average molecular weight is 377 g/mol. The van der Waals surface area contributed by atoms with Crippen molar-refractivity contribution in [2.75, 3.05) is 20.6 Å². The molecular weight excluding hydrogens is 354 g/mol. The number of nitrogens with zero attached hydrogens (tertiary/aromatic N) is 2. The van der Waals surface area contributed by atoms with Crippen molar-refractivity contribution in [1.82, 2.24) is 15.2 Å². The zero-order valence-corrected chi connectivity index (χ0v) is 15.3. The number of hydrogen-bond donors (Lipinski definition) is 1. The van der Waals surface area contributed by atoms with Crippen molar-refractivity contribution in [3.05, 3.63) is 27.5 Å². The van der Waals surface area contributed by atoms with Gasteiger partial charge >= 0.3 is 0 Å². The molecule has 1 N–H and O–H groups in total. The summed E-state index contributed by atoms with van der Waals surface area (Å²) in [6.45, 7) is 4.96. The first-order valence-corrected chi connectivity index (χ1v) is 8.33. The number of halogens is 2. The second kappa shape index (κ2) is 8.71. The van der Waals surface area contributed by atoms with Crippen LogP contribution >= 0.6 is 27.5 Å². The predicted octanol–water partition coefficient (Wildman–Crippen LogP) is 3.59. The molecule has 0 aliphatic rings. The second-order valence-electron chi connectivity index (χ2n) is 5.31. The number of carbonyl (C=O) groups excluding carboxylic acids is 1. The van der Waals surface area contributed by atoms with Crippen molar-refractivity contribution in [3.63, 3.8) is 0 Å². The number of carbonyl (C=O) groups is 1. The van der Waals surface area contributed by atoms with Gasteiger partial charge in [-0.2, -0.15) is 0 Å². The van der Waals surface area contributed by atoms with E-state index >= 15 is 0 Å². The molecular formula is C15H23BrClN3O. The molecule has 6 heteroatoms. The monoisotopic (exact) mass is 375 g/mol. The Morgan fingerprint density at radius 3 is 2.57 bits per heavy atom. The molecule has 0 bridgehead atoms. The van der Waals surface area contributed by atoms with Gasteiger partial charge in [0.05, 0.1) is 5.56 Å². The number of nitrogens with one attached hydrogen (secondary N) is 1. The predicted molar refractivity (Wildman–Crippen MR) is 90.8 cm³/mol. The molecule has 1 unspecified atom stereocenters. The Morgan fingerprint density at radius 1 is 1.43 bits per heavy atom. The number of amides is 1. The van der Waals surface area contributed by atoms with Crippen LogP contribution in [-0.4, -0.2) is 42.5 Å². The van der Waals surface area contributed by atoms with Crippen LogP contribution < -0.4 is 5.32 Å². The maximum absolute atomic E-state index is 12.3. The lowest BCUT2D eigenvalue weighted by molar-refractivity contribution is 0.0928. The van der Waals surface area contributed by atoms with Crippen LogP contribution in [0.3, 0.4) is 0 Å². The van der Waals surface area contributed by atoms with E-state index in [-0.39, 0.29) is 11.1 Å². The van der Waals surface area contributed by atoms with Crippen LogP contribution in [0.2, 0.25) is 5.15 Å². The number of aromatic nitrogens is 1. The van der Waals surface area contributed by atoms with Gasteiger partial charge in [-0.25, -0.2) is 4.98 Å². The third kappa shape index (κ3) is 5.24. The molecule has 0 aliphatic heterocycles. The lowest BCUT2D eigenvalue weighted by Crippen LogP contribution is -2.44. The van der Waals surface area contributed by atoms with Crippen molar-refractivity contribution >= 4 is 33.4 Å². The minimum atomic E-state index is -0.188. The molecule has 1 aromatic rings. The molecule has 21 heavy (non-hydrogen) atoms. The van der Waals surface area contributed by atoms with E-state index in [1.54, 1.807) is 12.3 Å². The van der Waals surface area contributed by atoms with E-state index in [1.807, 2.05) is 14.1 Å². The van der Waals surface area contributed by atoms with Gasteiger partial charge in [-0.05, 0) is 42.0 Å². The lowest BCUT2D eigenvalue weighted by atomic mass is 9.93. The van der Waals surface area contributed by atoms with E-state index in [0.29, 0.717) is 24.1 Å². The topological polar surface area (TPSA) is 45.2 Å². The number of pyridine rings is 1. The molecule has 4 nitrogen and oxygen atoms in total. The highest BCUT2D eigenvalue weighted by Gasteiger charge is 2.22.